The van der Waals surface area contributed by atoms with Gasteiger partial charge in [0.15, 0.2) is 5.82 Å². The van der Waals surface area contributed by atoms with E-state index in [1.54, 1.807) is 25.1 Å². The average Bonchev–Trinajstić information content (AvgIpc) is 2.80. The highest BCUT2D eigenvalue weighted by atomic mass is 19.1. The van der Waals surface area contributed by atoms with Crippen LogP contribution < -0.4 is 15.8 Å². The van der Waals surface area contributed by atoms with E-state index in [1.165, 1.54) is 13.1 Å². The van der Waals surface area contributed by atoms with Gasteiger partial charge in [-0.1, -0.05) is 12.1 Å². The molecule has 32 heavy (non-hydrogen) atoms. The van der Waals surface area contributed by atoms with E-state index >= 15 is 4.39 Å². The molecule has 0 spiro atoms. The van der Waals surface area contributed by atoms with E-state index in [0.717, 1.165) is 0 Å². The monoisotopic (exact) mass is 441 g/mol. The van der Waals surface area contributed by atoms with Gasteiger partial charge < -0.3 is 15.2 Å². The molecule has 0 saturated carbocycles. The van der Waals surface area contributed by atoms with Crippen LogP contribution in [0.3, 0.4) is 0 Å². The number of fused-ring (bicyclic) bond motifs is 1. The summed E-state index contributed by atoms with van der Waals surface area (Å²) in [6.45, 7) is 5.88. The SMILES string of the molecule is CNC(=O)c1ccc(N2CCN([C@H](C)c3ccc4cc(C)c(=O)[nH]c4c3F)CC2)c(F)n1. The van der Waals surface area contributed by atoms with Crippen LogP contribution in [0.5, 0.6) is 0 Å². The molecule has 1 fully saturated rings. The predicted octanol–water partition coefficient (Wildman–Crippen LogP) is 2.75. The van der Waals surface area contributed by atoms with Gasteiger partial charge in [-0.05, 0) is 32.0 Å². The maximum Gasteiger partial charge on any atom is 0.269 e. The van der Waals surface area contributed by atoms with Crippen LogP contribution in [-0.4, -0.2) is 54.0 Å². The van der Waals surface area contributed by atoms with Crippen LogP contribution in [0.4, 0.5) is 14.5 Å². The van der Waals surface area contributed by atoms with Gasteiger partial charge in [-0.25, -0.2) is 9.37 Å². The van der Waals surface area contributed by atoms with Crippen molar-refractivity contribution >= 4 is 22.5 Å². The number of anilines is 1. The van der Waals surface area contributed by atoms with Crippen molar-refractivity contribution in [2.75, 3.05) is 38.1 Å². The van der Waals surface area contributed by atoms with Crippen molar-refractivity contribution in [1.29, 1.82) is 0 Å². The van der Waals surface area contributed by atoms with Gasteiger partial charge in [-0.3, -0.25) is 14.5 Å². The molecular formula is C23H25F2N5O2. The molecule has 1 saturated heterocycles. The standard InChI is InChI=1S/C23H25F2N5O2/c1-13-12-15-4-5-16(19(24)20(15)28-22(13)31)14(2)29-8-10-30(11-9-29)18-7-6-17(23(32)26-3)27-21(18)25/h4-7,12,14H,8-11H2,1-3H3,(H,26,32)(H,28,31)/t14-/m1/s1. The number of piperazine rings is 1. The van der Waals surface area contributed by atoms with Crippen molar-refractivity contribution in [3.8, 4) is 0 Å². The lowest BCUT2D eigenvalue weighted by Gasteiger charge is -2.39. The molecule has 3 heterocycles. The molecule has 1 aromatic carbocycles. The lowest BCUT2D eigenvalue weighted by atomic mass is 10.0. The zero-order chi connectivity index (χ0) is 23.0. The quantitative estimate of drug-likeness (QED) is 0.609. The van der Waals surface area contributed by atoms with E-state index in [9.17, 15) is 14.0 Å². The number of hydrogen-bond acceptors (Lipinski definition) is 5. The first-order chi connectivity index (χ1) is 15.3. The maximum absolute atomic E-state index is 15.2. The molecular weight excluding hydrogens is 416 g/mol. The molecule has 1 amide bonds. The summed E-state index contributed by atoms with van der Waals surface area (Å²) in [5, 5.41) is 3.08. The van der Waals surface area contributed by atoms with Crippen LogP contribution in [0.2, 0.25) is 0 Å². The summed E-state index contributed by atoms with van der Waals surface area (Å²) in [4.78, 5) is 34.0. The van der Waals surface area contributed by atoms with Gasteiger partial charge in [0.1, 0.15) is 5.69 Å². The summed E-state index contributed by atoms with van der Waals surface area (Å²) in [6.07, 6.45) is 0. The number of aryl methyl sites for hydroxylation is 1. The number of carbonyl (C=O) groups is 1. The van der Waals surface area contributed by atoms with E-state index in [1.807, 2.05) is 17.9 Å². The highest BCUT2D eigenvalue weighted by Crippen LogP contribution is 2.29. The number of H-pyrrole nitrogens is 1. The first-order valence-corrected chi connectivity index (χ1v) is 10.5. The third-order valence-electron chi connectivity index (χ3n) is 6.11. The molecule has 168 valence electrons. The molecule has 1 aliphatic rings. The molecule has 0 unspecified atom stereocenters. The highest BCUT2D eigenvalue weighted by molar-refractivity contribution is 5.92. The Kier molecular flexibility index (Phi) is 5.92. The van der Waals surface area contributed by atoms with Crippen molar-refractivity contribution in [3.05, 3.63) is 69.3 Å². The largest absolute Gasteiger partial charge is 0.365 e. The Morgan fingerprint density at radius 2 is 1.88 bits per heavy atom. The van der Waals surface area contributed by atoms with Gasteiger partial charge in [-0.15, -0.1) is 0 Å². The Bertz CT molecular complexity index is 1240. The van der Waals surface area contributed by atoms with Crippen LogP contribution in [0.1, 0.15) is 34.6 Å². The lowest BCUT2D eigenvalue weighted by molar-refractivity contribution is 0.0957. The molecule has 0 bridgehead atoms. The molecule has 1 aliphatic heterocycles. The smallest absolute Gasteiger partial charge is 0.269 e. The highest BCUT2D eigenvalue weighted by Gasteiger charge is 2.26. The number of aromatic amines is 1. The third kappa shape index (κ3) is 3.95. The Hall–Kier alpha value is -3.33. The zero-order valence-electron chi connectivity index (χ0n) is 18.2. The fourth-order valence-electron chi connectivity index (χ4n) is 4.15. The van der Waals surface area contributed by atoms with Crippen LogP contribution in [0.15, 0.2) is 35.1 Å². The summed E-state index contributed by atoms with van der Waals surface area (Å²) >= 11 is 0. The number of nitrogens with one attached hydrogen (secondary N) is 2. The summed E-state index contributed by atoms with van der Waals surface area (Å²) < 4.78 is 29.7. The fourth-order valence-corrected chi connectivity index (χ4v) is 4.15. The van der Waals surface area contributed by atoms with E-state index in [0.29, 0.717) is 48.4 Å². The zero-order valence-corrected chi connectivity index (χ0v) is 18.2. The first kappa shape index (κ1) is 21.9. The van der Waals surface area contributed by atoms with E-state index in [-0.39, 0.29) is 22.8 Å². The number of halogens is 2. The van der Waals surface area contributed by atoms with Crippen LogP contribution in [0, 0.1) is 18.7 Å². The number of carbonyl (C=O) groups excluding carboxylic acids is 1. The Morgan fingerprint density at radius 1 is 1.16 bits per heavy atom. The van der Waals surface area contributed by atoms with E-state index in [4.69, 9.17) is 0 Å². The molecule has 1 atom stereocenters. The average molecular weight is 441 g/mol. The van der Waals surface area contributed by atoms with E-state index in [2.05, 4.69) is 20.2 Å². The molecule has 4 rings (SSSR count). The van der Waals surface area contributed by atoms with Crippen LogP contribution in [-0.2, 0) is 0 Å². The summed E-state index contributed by atoms with van der Waals surface area (Å²) in [7, 11) is 1.47. The second-order valence-electron chi connectivity index (χ2n) is 8.00. The minimum atomic E-state index is -0.688. The Labute approximate surface area is 184 Å². The van der Waals surface area contributed by atoms with Gasteiger partial charge in [0.25, 0.3) is 11.5 Å². The van der Waals surface area contributed by atoms with Gasteiger partial charge >= 0.3 is 0 Å². The number of rotatable bonds is 4. The number of benzene rings is 1. The van der Waals surface area contributed by atoms with Crippen molar-refractivity contribution in [2.45, 2.75) is 19.9 Å². The number of amides is 1. The molecule has 0 aliphatic carbocycles. The minimum absolute atomic E-state index is 0.0287. The molecule has 2 N–H and O–H groups in total. The predicted molar refractivity (Wildman–Crippen MR) is 119 cm³/mol. The van der Waals surface area contributed by atoms with Gasteiger partial charge in [0.2, 0.25) is 5.95 Å². The molecule has 9 heteroatoms. The third-order valence-corrected chi connectivity index (χ3v) is 6.11. The van der Waals surface area contributed by atoms with E-state index < -0.39 is 17.7 Å². The molecule has 7 nitrogen and oxygen atoms in total. The minimum Gasteiger partial charge on any atom is -0.365 e. The van der Waals surface area contributed by atoms with Crippen molar-refractivity contribution in [3.63, 3.8) is 0 Å². The van der Waals surface area contributed by atoms with Crippen molar-refractivity contribution in [1.82, 2.24) is 20.2 Å². The van der Waals surface area contributed by atoms with Crippen molar-refractivity contribution in [2.24, 2.45) is 0 Å². The van der Waals surface area contributed by atoms with Gasteiger partial charge in [0, 0.05) is 55.8 Å². The summed E-state index contributed by atoms with van der Waals surface area (Å²) in [6, 6.07) is 8.10. The second-order valence-corrected chi connectivity index (χ2v) is 8.00. The Morgan fingerprint density at radius 3 is 2.53 bits per heavy atom. The number of nitrogens with zero attached hydrogens (tertiary/aromatic N) is 3. The number of pyridine rings is 2. The Balaban J connectivity index is 1.50. The van der Waals surface area contributed by atoms with Gasteiger partial charge in [-0.2, -0.15) is 4.39 Å². The summed E-state index contributed by atoms with van der Waals surface area (Å²) in [5.41, 5.74) is 1.34. The van der Waals surface area contributed by atoms with Crippen LogP contribution >= 0.6 is 0 Å². The number of aromatic nitrogens is 2. The number of hydrogen-bond donors (Lipinski definition) is 2. The van der Waals surface area contributed by atoms with Crippen molar-refractivity contribution < 1.29 is 13.6 Å². The molecule has 2 aromatic heterocycles. The van der Waals surface area contributed by atoms with Crippen LogP contribution in [0.25, 0.3) is 10.9 Å². The normalized spacial score (nSPS) is 15.7. The first-order valence-electron chi connectivity index (χ1n) is 10.5. The molecule has 0 radical (unpaired) electrons. The lowest BCUT2D eigenvalue weighted by Crippen LogP contribution is -2.47. The fraction of sp³-hybridized carbons (Fsp3) is 0.348. The maximum atomic E-state index is 15.2. The summed E-state index contributed by atoms with van der Waals surface area (Å²) in [5.74, 6) is -1.55. The van der Waals surface area contributed by atoms with Gasteiger partial charge in [0.05, 0.1) is 11.2 Å². The topological polar surface area (TPSA) is 81.3 Å². The molecule has 3 aromatic rings. The second kappa shape index (κ2) is 8.66.